The van der Waals surface area contributed by atoms with Gasteiger partial charge in [-0.05, 0) is 24.6 Å². The Bertz CT molecular complexity index is 943. The maximum atomic E-state index is 5.33. The molecule has 4 rings (SSSR count). The number of nitrogens with one attached hydrogen (secondary N) is 1. The molecule has 3 heterocycles. The van der Waals surface area contributed by atoms with E-state index in [0.29, 0.717) is 18.1 Å². The van der Waals surface area contributed by atoms with Crippen molar-refractivity contribution < 1.29 is 4.52 Å². The summed E-state index contributed by atoms with van der Waals surface area (Å²) in [5.41, 5.74) is 2.81. The van der Waals surface area contributed by atoms with Crippen molar-refractivity contribution in [1.29, 1.82) is 0 Å². The fourth-order valence-corrected chi connectivity index (χ4v) is 2.58. The van der Waals surface area contributed by atoms with Gasteiger partial charge in [0.25, 0.3) is 0 Å². The second-order valence-electron chi connectivity index (χ2n) is 5.39. The first-order valence-corrected chi connectivity index (χ1v) is 7.47. The van der Waals surface area contributed by atoms with Crippen molar-refractivity contribution in [3.8, 4) is 11.5 Å². The molecule has 0 saturated heterocycles. The molecule has 0 spiro atoms. The summed E-state index contributed by atoms with van der Waals surface area (Å²) in [5, 5.41) is 5.19. The highest BCUT2D eigenvalue weighted by Gasteiger charge is 2.12. The van der Waals surface area contributed by atoms with Crippen molar-refractivity contribution in [3.63, 3.8) is 0 Å². The molecule has 0 aliphatic rings. The Balaban J connectivity index is 1.61. The van der Waals surface area contributed by atoms with Crippen LogP contribution in [0.25, 0.3) is 22.4 Å². The highest BCUT2D eigenvalue weighted by Crippen LogP contribution is 2.22. The molecule has 6 nitrogen and oxygen atoms in total. The first kappa shape index (κ1) is 13.6. The SMILES string of the molecule is Cc1cc(-c2noc(CCc3ncc[nH]3)n2)nc2ccccc12. The van der Waals surface area contributed by atoms with Crippen molar-refractivity contribution in [3.05, 3.63) is 60.0 Å². The number of hydrogen-bond donors (Lipinski definition) is 1. The molecule has 0 fully saturated rings. The number of H-pyrrole nitrogens is 1. The molecule has 0 amide bonds. The van der Waals surface area contributed by atoms with Gasteiger partial charge in [0.1, 0.15) is 11.5 Å². The maximum absolute atomic E-state index is 5.33. The van der Waals surface area contributed by atoms with Crippen LogP contribution in [0.3, 0.4) is 0 Å². The van der Waals surface area contributed by atoms with E-state index in [-0.39, 0.29) is 0 Å². The van der Waals surface area contributed by atoms with E-state index in [1.54, 1.807) is 12.4 Å². The monoisotopic (exact) mass is 305 g/mol. The Morgan fingerprint density at radius 3 is 2.91 bits per heavy atom. The molecule has 0 radical (unpaired) electrons. The van der Waals surface area contributed by atoms with Gasteiger partial charge in [-0.2, -0.15) is 4.98 Å². The maximum Gasteiger partial charge on any atom is 0.227 e. The normalized spacial score (nSPS) is 11.2. The van der Waals surface area contributed by atoms with Crippen molar-refractivity contribution in [1.82, 2.24) is 25.1 Å². The first-order chi connectivity index (χ1) is 11.3. The minimum Gasteiger partial charge on any atom is -0.349 e. The Hall–Kier alpha value is -3.02. The van der Waals surface area contributed by atoms with Crippen LogP contribution in [0.2, 0.25) is 0 Å². The lowest BCUT2D eigenvalue weighted by molar-refractivity contribution is 0.378. The van der Waals surface area contributed by atoms with E-state index in [9.17, 15) is 0 Å². The number of aromatic amines is 1. The van der Waals surface area contributed by atoms with Gasteiger partial charge in [0, 0.05) is 30.6 Å². The summed E-state index contributed by atoms with van der Waals surface area (Å²) >= 11 is 0. The van der Waals surface area contributed by atoms with E-state index in [1.165, 1.54) is 0 Å². The topological polar surface area (TPSA) is 80.5 Å². The van der Waals surface area contributed by atoms with Crippen LogP contribution in [0, 0.1) is 6.92 Å². The zero-order valence-corrected chi connectivity index (χ0v) is 12.7. The summed E-state index contributed by atoms with van der Waals surface area (Å²) < 4.78 is 5.33. The molecule has 6 heteroatoms. The van der Waals surface area contributed by atoms with Crippen LogP contribution in [0.5, 0.6) is 0 Å². The largest absolute Gasteiger partial charge is 0.349 e. The first-order valence-electron chi connectivity index (χ1n) is 7.47. The van der Waals surface area contributed by atoms with Crippen LogP contribution in [0.15, 0.2) is 47.2 Å². The third-order valence-electron chi connectivity index (χ3n) is 3.75. The highest BCUT2D eigenvalue weighted by molar-refractivity contribution is 5.84. The minimum atomic E-state index is 0.522. The lowest BCUT2D eigenvalue weighted by atomic mass is 10.1. The van der Waals surface area contributed by atoms with Crippen LogP contribution < -0.4 is 0 Å². The molecule has 23 heavy (non-hydrogen) atoms. The Morgan fingerprint density at radius 1 is 1.13 bits per heavy atom. The number of benzene rings is 1. The molecule has 0 saturated carbocycles. The number of para-hydroxylation sites is 1. The average Bonchev–Trinajstić information content (AvgIpc) is 3.24. The molecular weight excluding hydrogens is 290 g/mol. The number of aromatic nitrogens is 5. The molecule has 0 unspecified atom stereocenters. The summed E-state index contributed by atoms with van der Waals surface area (Å²) in [4.78, 5) is 16.3. The van der Waals surface area contributed by atoms with Crippen LogP contribution in [-0.2, 0) is 12.8 Å². The van der Waals surface area contributed by atoms with Gasteiger partial charge >= 0.3 is 0 Å². The standard InChI is InChI=1S/C17H15N5O/c1-11-10-14(20-13-5-3-2-4-12(11)13)17-21-16(23-22-17)7-6-15-18-8-9-19-15/h2-5,8-10H,6-7H2,1H3,(H,18,19). The van der Waals surface area contributed by atoms with Crippen LogP contribution in [0.4, 0.5) is 0 Å². The summed E-state index contributed by atoms with van der Waals surface area (Å²) in [6.45, 7) is 2.06. The molecule has 1 aromatic carbocycles. The van der Waals surface area contributed by atoms with E-state index in [4.69, 9.17) is 4.52 Å². The molecular formula is C17H15N5O. The van der Waals surface area contributed by atoms with E-state index in [0.717, 1.165) is 34.4 Å². The van der Waals surface area contributed by atoms with Gasteiger partial charge in [-0.1, -0.05) is 23.4 Å². The van der Waals surface area contributed by atoms with E-state index in [2.05, 4.69) is 38.1 Å². The van der Waals surface area contributed by atoms with E-state index in [1.807, 2.05) is 24.3 Å². The number of rotatable bonds is 4. The third-order valence-corrected chi connectivity index (χ3v) is 3.75. The minimum absolute atomic E-state index is 0.522. The summed E-state index contributed by atoms with van der Waals surface area (Å²) in [7, 11) is 0. The van der Waals surface area contributed by atoms with E-state index >= 15 is 0 Å². The van der Waals surface area contributed by atoms with Crippen molar-refractivity contribution in [2.24, 2.45) is 0 Å². The molecule has 0 bridgehead atoms. The lowest BCUT2D eigenvalue weighted by Crippen LogP contribution is -1.94. The van der Waals surface area contributed by atoms with Crippen LogP contribution >= 0.6 is 0 Å². The summed E-state index contributed by atoms with van der Waals surface area (Å²) in [6, 6.07) is 10.0. The molecule has 0 atom stereocenters. The van der Waals surface area contributed by atoms with Gasteiger partial charge in [0.2, 0.25) is 11.7 Å². The number of imidazole rings is 1. The Kier molecular flexibility index (Phi) is 3.34. The quantitative estimate of drug-likeness (QED) is 0.626. The second-order valence-corrected chi connectivity index (χ2v) is 5.39. The molecule has 114 valence electrons. The van der Waals surface area contributed by atoms with Gasteiger partial charge in [-0.3, -0.25) is 0 Å². The fourth-order valence-electron chi connectivity index (χ4n) is 2.58. The number of hydrogen-bond acceptors (Lipinski definition) is 5. The zero-order valence-electron chi connectivity index (χ0n) is 12.7. The molecule has 3 aromatic heterocycles. The van der Waals surface area contributed by atoms with Gasteiger partial charge in [0.15, 0.2) is 0 Å². The molecule has 0 aliphatic heterocycles. The van der Waals surface area contributed by atoms with Gasteiger partial charge in [-0.15, -0.1) is 0 Å². The number of pyridine rings is 1. The number of nitrogens with zero attached hydrogens (tertiary/aromatic N) is 4. The van der Waals surface area contributed by atoms with E-state index < -0.39 is 0 Å². The van der Waals surface area contributed by atoms with Crippen LogP contribution in [0.1, 0.15) is 17.3 Å². The fraction of sp³-hybridized carbons (Fsp3) is 0.176. The summed E-state index contributed by atoms with van der Waals surface area (Å²) in [5.74, 6) is 2.02. The average molecular weight is 305 g/mol. The predicted molar refractivity (Wildman–Crippen MR) is 85.8 cm³/mol. The second kappa shape index (κ2) is 5.64. The number of aryl methyl sites for hydroxylation is 3. The Labute approximate surface area is 132 Å². The zero-order chi connectivity index (χ0) is 15.6. The van der Waals surface area contributed by atoms with Gasteiger partial charge in [0.05, 0.1) is 5.52 Å². The van der Waals surface area contributed by atoms with Gasteiger partial charge in [-0.25, -0.2) is 9.97 Å². The summed E-state index contributed by atoms with van der Waals surface area (Å²) in [6.07, 6.45) is 4.92. The van der Waals surface area contributed by atoms with Crippen molar-refractivity contribution >= 4 is 10.9 Å². The van der Waals surface area contributed by atoms with Crippen molar-refractivity contribution in [2.75, 3.05) is 0 Å². The van der Waals surface area contributed by atoms with Crippen molar-refractivity contribution in [2.45, 2.75) is 19.8 Å². The molecule has 0 aliphatic carbocycles. The number of fused-ring (bicyclic) bond motifs is 1. The smallest absolute Gasteiger partial charge is 0.227 e. The lowest BCUT2D eigenvalue weighted by Gasteiger charge is -2.03. The van der Waals surface area contributed by atoms with Crippen LogP contribution in [-0.4, -0.2) is 25.1 Å². The molecule has 1 N–H and O–H groups in total. The molecule has 4 aromatic rings. The predicted octanol–water partition coefficient (Wildman–Crippen LogP) is 3.10. The van der Waals surface area contributed by atoms with Gasteiger partial charge < -0.3 is 9.51 Å². The third kappa shape index (κ3) is 2.70. The Morgan fingerprint density at radius 2 is 2.04 bits per heavy atom. The highest BCUT2D eigenvalue weighted by atomic mass is 16.5.